The van der Waals surface area contributed by atoms with E-state index in [9.17, 15) is 4.79 Å². The average molecular weight is 329 g/mol. The van der Waals surface area contributed by atoms with Gasteiger partial charge in [-0.25, -0.2) is 0 Å². The van der Waals surface area contributed by atoms with E-state index < -0.39 is 6.10 Å². The number of anilines is 1. The molecule has 0 saturated heterocycles. The largest absolute Gasteiger partial charge is 0.497 e. The van der Waals surface area contributed by atoms with Gasteiger partial charge in [0.15, 0.2) is 6.10 Å². The smallest absolute Gasteiger partial charge is 0.265 e. The summed E-state index contributed by atoms with van der Waals surface area (Å²) in [5.74, 6) is 1.60. The lowest BCUT2D eigenvalue weighted by atomic mass is 10.2. The van der Waals surface area contributed by atoms with Crippen LogP contribution in [-0.2, 0) is 11.2 Å². The van der Waals surface area contributed by atoms with Gasteiger partial charge < -0.3 is 19.5 Å². The molecule has 0 fully saturated rings. The summed E-state index contributed by atoms with van der Waals surface area (Å²) < 4.78 is 16.1. The summed E-state index contributed by atoms with van der Waals surface area (Å²) in [6, 6.07) is 12.9. The van der Waals surface area contributed by atoms with Crippen molar-refractivity contribution in [3.8, 4) is 17.2 Å². The zero-order chi connectivity index (χ0) is 17.5. The van der Waals surface area contributed by atoms with Gasteiger partial charge >= 0.3 is 0 Å². The van der Waals surface area contributed by atoms with E-state index in [2.05, 4.69) is 12.2 Å². The fraction of sp³-hybridized carbons (Fsp3) is 0.316. The average Bonchev–Trinajstić information content (AvgIpc) is 2.62. The summed E-state index contributed by atoms with van der Waals surface area (Å²) >= 11 is 0. The molecule has 1 N–H and O–H groups in total. The van der Waals surface area contributed by atoms with Gasteiger partial charge in [0.2, 0.25) is 0 Å². The number of benzene rings is 2. The molecule has 2 aromatic rings. The highest BCUT2D eigenvalue weighted by molar-refractivity contribution is 5.95. The fourth-order valence-corrected chi connectivity index (χ4v) is 2.20. The van der Waals surface area contributed by atoms with E-state index in [1.54, 1.807) is 39.3 Å². The predicted octanol–water partition coefficient (Wildman–Crippen LogP) is 3.67. The fourth-order valence-electron chi connectivity index (χ4n) is 2.20. The number of rotatable bonds is 7. The van der Waals surface area contributed by atoms with Crippen LogP contribution < -0.4 is 19.5 Å². The van der Waals surface area contributed by atoms with Gasteiger partial charge in [0, 0.05) is 6.07 Å². The van der Waals surface area contributed by atoms with Crippen LogP contribution in [0.2, 0.25) is 0 Å². The molecular formula is C19H23NO4. The molecule has 5 nitrogen and oxygen atoms in total. The minimum absolute atomic E-state index is 0.252. The molecule has 0 aliphatic rings. The van der Waals surface area contributed by atoms with Crippen LogP contribution in [0.1, 0.15) is 19.4 Å². The first-order chi connectivity index (χ1) is 11.6. The molecule has 2 rings (SSSR count). The second kappa shape index (κ2) is 8.24. The van der Waals surface area contributed by atoms with Gasteiger partial charge in [0.1, 0.15) is 17.2 Å². The molecule has 0 saturated carbocycles. The summed E-state index contributed by atoms with van der Waals surface area (Å²) in [4.78, 5) is 12.3. The molecular weight excluding hydrogens is 306 g/mol. The van der Waals surface area contributed by atoms with Gasteiger partial charge in [-0.15, -0.1) is 0 Å². The molecule has 2 aromatic carbocycles. The van der Waals surface area contributed by atoms with E-state index >= 15 is 0 Å². The first-order valence-electron chi connectivity index (χ1n) is 7.85. The van der Waals surface area contributed by atoms with Crippen molar-refractivity contribution in [3.05, 3.63) is 48.0 Å². The van der Waals surface area contributed by atoms with Crippen molar-refractivity contribution in [2.75, 3.05) is 19.5 Å². The van der Waals surface area contributed by atoms with E-state index in [0.717, 1.165) is 6.42 Å². The number of methoxy groups -OCH3 is 2. The third kappa shape index (κ3) is 4.41. The van der Waals surface area contributed by atoms with Crippen LogP contribution in [0.5, 0.6) is 17.2 Å². The van der Waals surface area contributed by atoms with Crippen LogP contribution in [0.4, 0.5) is 5.69 Å². The van der Waals surface area contributed by atoms with Gasteiger partial charge in [-0.1, -0.05) is 19.1 Å². The third-order valence-corrected chi connectivity index (χ3v) is 3.68. The molecule has 0 aliphatic heterocycles. The Morgan fingerprint density at radius 2 is 1.71 bits per heavy atom. The standard InChI is InChI=1S/C19H23NO4/c1-5-14-6-8-15(9-7-14)24-13(2)19(21)20-17-11-10-16(22-3)12-18(17)23-4/h6-13H,5H2,1-4H3,(H,20,21). The van der Waals surface area contributed by atoms with Crippen LogP contribution in [0, 0.1) is 0 Å². The van der Waals surface area contributed by atoms with Crippen LogP contribution in [0.3, 0.4) is 0 Å². The number of nitrogens with one attached hydrogen (secondary N) is 1. The van der Waals surface area contributed by atoms with Crippen LogP contribution in [0.25, 0.3) is 0 Å². The van der Waals surface area contributed by atoms with Crippen molar-refractivity contribution in [1.29, 1.82) is 0 Å². The quantitative estimate of drug-likeness (QED) is 0.842. The number of hydrogen-bond acceptors (Lipinski definition) is 4. The Kier molecular flexibility index (Phi) is 6.07. The van der Waals surface area contributed by atoms with Gasteiger partial charge in [-0.05, 0) is 43.2 Å². The summed E-state index contributed by atoms with van der Waals surface area (Å²) in [6.45, 7) is 3.80. The van der Waals surface area contributed by atoms with Crippen LogP contribution >= 0.6 is 0 Å². The normalized spacial score (nSPS) is 11.5. The highest BCUT2D eigenvalue weighted by Crippen LogP contribution is 2.29. The Labute approximate surface area is 142 Å². The van der Waals surface area contributed by atoms with E-state index in [0.29, 0.717) is 22.9 Å². The zero-order valence-corrected chi connectivity index (χ0v) is 14.5. The molecule has 0 heterocycles. The summed E-state index contributed by atoms with van der Waals surface area (Å²) in [6.07, 6.45) is 0.331. The summed E-state index contributed by atoms with van der Waals surface area (Å²) in [7, 11) is 3.12. The molecule has 128 valence electrons. The maximum Gasteiger partial charge on any atom is 0.265 e. The van der Waals surface area contributed by atoms with Crippen molar-refractivity contribution in [2.45, 2.75) is 26.4 Å². The topological polar surface area (TPSA) is 56.8 Å². The molecule has 0 radical (unpaired) electrons. The van der Waals surface area contributed by atoms with Gasteiger partial charge in [-0.2, -0.15) is 0 Å². The third-order valence-electron chi connectivity index (χ3n) is 3.68. The molecule has 5 heteroatoms. The molecule has 0 spiro atoms. The molecule has 0 bridgehead atoms. The number of hydrogen-bond donors (Lipinski definition) is 1. The SMILES string of the molecule is CCc1ccc(OC(C)C(=O)Nc2ccc(OC)cc2OC)cc1. The van der Waals surface area contributed by atoms with E-state index in [1.165, 1.54) is 5.56 Å². The van der Waals surface area contributed by atoms with Crippen molar-refractivity contribution in [2.24, 2.45) is 0 Å². The highest BCUT2D eigenvalue weighted by Gasteiger charge is 2.17. The number of ether oxygens (including phenoxy) is 3. The van der Waals surface area contributed by atoms with E-state index in [-0.39, 0.29) is 5.91 Å². The number of carbonyl (C=O) groups is 1. The molecule has 1 amide bonds. The molecule has 24 heavy (non-hydrogen) atoms. The minimum atomic E-state index is -0.635. The Balaban J connectivity index is 2.02. The molecule has 1 unspecified atom stereocenters. The Morgan fingerprint density at radius 3 is 2.29 bits per heavy atom. The first-order valence-corrected chi connectivity index (χ1v) is 7.85. The molecule has 1 atom stereocenters. The van der Waals surface area contributed by atoms with Crippen molar-refractivity contribution in [1.82, 2.24) is 0 Å². The number of aryl methyl sites for hydroxylation is 1. The van der Waals surface area contributed by atoms with Gasteiger partial charge in [-0.3, -0.25) is 4.79 Å². The summed E-state index contributed by atoms with van der Waals surface area (Å²) in [5, 5.41) is 2.81. The monoisotopic (exact) mass is 329 g/mol. The maximum absolute atomic E-state index is 12.3. The lowest BCUT2D eigenvalue weighted by Gasteiger charge is -2.16. The predicted molar refractivity (Wildman–Crippen MR) is 94.1 cm³/mol. The van der Waals surface area contributed by atoms with Crippen LogP contribution in [0.15, 0.2) is 42.5 Å². The molecule has 0 aromatic heterocycles. The van der Waals surface area contributed by atoms with Crippen LogP contribution in [-0.4, -0.2) is 26.2 Å². The van der Waals surface area contributed by atoms with E-state index in [1.807, 2.05) is 24.3 Å². The Morgan fingerprint density at radius 1 is 1.04 bits per heavy atom. The number of amides is 1. The zero-order valence-electron chi connectivity index (χ0n) is 14.5. The van der Waals surface area contributed by atoms with Gasteiger partial charge in [0.05, 0.1) is 19.9 Å². The second-order valence-corrected chi connectivity index (χ2v) is 5.31. The lowest BCUT2D eigenvalue weighted by molar-refractivity contribution is -0.122. The van der Waals surface area contributed by atoms with E-state index in [4.69, 9.17) is 14.2 Å². The van der Waals surface area contributed by atoms with Crippen molar-refractivity contribution >= 4 is 11.6 Å². The Bertz CT molecular complexity index is 682. The van der Waals surface area contributed by atoms with Gasteiger partial charge in [0.25, 0.3) is 5.91 Å². The second-order valence-electron chi connectivity index (χ2n) is 5.31. The maximum atomic E-state index is 12.3. The van der Waals surface area contributed by atoms with Crippen molar-refractivity contribution in [3.63, 3.8) is 0 Å². The highest BCUT2D eigenvalue weighted by atomic mass is 16.5. The first kappa shape index (κ1) is 17.7. The Hall–Kier alpha value is -2.69. The lowest BCUT2D eigenvalue weighted by Crippen LogP contribution is -2.30. The van der Waals surface area contributed by atoms with Crippen molar-refractivity contribution < 1.29 is 19.0 Å². The number of carbonyl (C=O) groups excluding carboxylic acids is 1. The summed E-state index contributed by atoms with van der Waals surface area (Å²) in [5.41, 5.74) is 1.79. The minimum Gasteiger partial charge on any atom is -0.497 e. The molecule has 0 aliphatic carbocycles.